The van der Waals surface area contributed by atoms with Gasteiger partial charge < -0.3 is 9.64 Å². The molecule has 0 aromatic heterocycles. The standard InChI is InChI=1S/C11H21NO2/c1-3-12(4-2)7-8-14-11(13)9-10-5-6-10/h10H,3-9H2,1-2H3. The molecule has 0 saturated heterocycles. The van der Waals surface area contributed by atoms with Crippen molar-refractivity contribution < 1.29 is 9.53 Å². The van der Waals surface area contributed by atoms with Crippen molar-refractivity contribution in [3.63, 3.8) is 0 Å². The molecule has 0 amide bonds. The molecule has 0 spiro atoms. The highest BCUT2D eigenvalue weighted by Gasteiger charge is 2.24. The van der Waals surface area contributed by atoms with Gasteiger partial charge in [0, 0.05) is 13.0 Å². The largest absolute Gasteiger partial charge is 0.464 e. The lowest BCUT2D eigenvalue weighted by Crippen LogP contribution is -2.27. The molecule has 1 aliphatic rings. The maximum Gasteiger partial charge on any atom is 0.306 e. The second kappa shape index (κ2) is 6.02. The van der Waals surface area contributed by atoms with E-state index < -0.39 is 0 Å². The van der Waals surface area contributed by atoms with E-state index in [4.69, 9.17) is 4.74 Å². The van der Waals surface area contributed by atoms with Crippen LogP contribution >= 0.6 is 0 Å². The van der Waals surface area contributed by atoms with Crippen LogP contribution in [0.15, 0.2) is 0 Å². The van der Waals surface area contributed by atoms with E-state index in [0.717, 1.165) is 19.6 Å². The molecular formula is C11H21NO2. The van der Waals surface area contributed by atoms with Gasteiger partial charge in [-0.2, -0.15) is 0 Å². The second-order valence-electron chi connectivity index (χ2n) is 3.89. The first-order valence-corrected chi connectivity index (χ1v) is 5.64. The molecule has 0 bridgehead atoms. The first-order valence-electron chi connectivity index (χ1n) is 5.64. The fraction of sp³-hybridized carbons (Fsp3) is 0.909. The molecule has 0 aromatic carbocycles. The number of carbonyl (C=O) groups is 1. The predicted molar refractivity (Wildman–Crippen MR) is 56.1 cm³/mol. The van der Waals surface area contributed by atoms with Gasteiger partial charge in [-0.05, 0) is 31.8 Å². The lowest BCUT2D eigenvalue weighted by atomic mass is 10.3. The number of nitrogens with zero attached hydrogens (tertiary/aromatic N) is 1. The van der Waals surface area contributed by atoms with Crippen LogP contribution in [0.4, 0.5) is 0 Å². The molecule has 0 N–H and O–H groups in total. The Morgan fingerprint density at radius 2 is 2.00 bits per heavy atom. The van der Waals surface area contributed by atoms with Crippen LogP contribution in [0.25, 0.3) is 0 Å². The molecule has 0 aliphatic heterocycles. The number of esters is 1. The lowest BCUT2D eigenvalue weighted by Gasteiger charge is -2.17. The van der Waals surface area contributed by atoms with Crippen molar-refractivity contribution in [3.05, 3.63) is 0 Å². The summed E-state index contributed by atoms with van der Waals surface area (Å²) in [6, 6.07) is 0. The van der Waals surface area contributed by atoms with Gasteiger partial charge >= 0.3 is 5.97 Å². The lowest BCUT2D eigenvalue weighted by molar-refractivity contribution is -0.144. The first-order chi connectivity index (χ1) is 6.76. The highest BCUT2D eigenvalue weighted by molar-refractivity contribution is 5.70. The van der Waals surface area contributed by atoms with Gasteiger partial charge in [-0.25, -0.2) is 0 Å². The summed E-state index contributed by atoms with van der Waals surface area (Å²) >= 11 is 0. The minimum Gasteiger partial charge on any atom is -0.464 e. The van der Waals surface area contributed by atoms with Gasteiger partial charge in [0.05, 0.1) is 0 Å². The topological polar surface area (TPSA) is 29.5 Å². The maximum atomic E-state index is 11.2. The Hall–Kier alpha value is -0.570. The minimum absolute atomic E-state index is 0.0142. The van der Waals surface area contributed by atoms with E-state index in [-0.39, 0.29) is 5.97 Å². The summed E-state index contributed by atoms with van der Waals surface area (Å²) < 4.78 is 5.15. The molecule has 0 aromatic rings. The first kappa shape index (κ1) is 11.5. The molecule has 3 nitrogen and oxygen atoms in total. The Kier molecular flexibility index (Phi) is 4.94. The zero-order valence-corrected chi connectivity index (χ0v) is 9.29. The Labute approximate surface area is 86.4 Å². The van der Waals surface area contributed by atoms with Crippen LogP contribution in [-0.2, 0) is 9.53 Å². The van der Waals surface area contributed by atoms with E-state index in [0.29, 0.717) is 18.9 Å². The summed E-state index contributed by atoms with van der Waals surface area (Å²) in [5.74, 6) is 0.621. The fourth-order valence-electron chi connectivity index (χ4n) is 1.45. The normalized spacial score (nSPS) is 15.9. The highest BCUT2D eigenvalue weighted by atomic mass is 16.5. The molecular weight excluding hydrogens is 178 g/mol. The molecule has 0 radical (unpaired) electrons. The average molecular weight is 199 g/mol. The number of likely N-dealkylation sites (N-methyl/N-ethyl adjacent to an activating group) is 1. The van der Waals surface area contributed by atoms with Crippen molar-refractivity contribution in [3.8, 4) is 0 Å². The van der Waals surface area contributed by atoms with Crippen molar-refractivity contribution in [2.45, 2.75) is 33.1 Å². The van der Waals surface area contributed by atoms with Crippen LogP contribution in [-0.4, -0.2) is 37.1 Å². The van der Waals surface area contributed by atoms with Crippen LogP contribution in [0, 0.1) is 5.92 Å². The Morgan fingerprint density at radius 3 is 2.50 bits per heavy atom. The quantitative estimate of drug-likeness (QED) is 0.584. The van der Waals surface area contributed by atoms with Crippen LogP contribution in [0.2, 0.25) is 0 Å². The molecule has 1 rings (SSSR count). The average Bonchev–Trinajstić information content (AvgIpc) is 2.96. The van der Waals surface area contributed by atoms with Crippen molar-refractivity contribution in [2.24, 2.45) is 5.92 Å². The van der Waals surface area contributed by atoms with E-state index in [1.807, 2.05) is 0 Å². The van der Waals surface area contributed by atoms with Gasteiger partial charge in [0.2, 0.25) is 0 Å². The minimum atomic E-state index is -0.0142. The van der Waals surface area contributed by atoms with Crippen LogP contribution < -0.4 is 0 Å². The third-order valence-electron chi connectivity index (χ3n) is 2.72. The number of carbonyl (C=O) groups excluding carboxylic acids is 1. The van der Waals surface area contributed by atoms with E-state index in [2.05, 4.69) is 18.7 Å². The second-order valence-corrected chi connectivity index (χ2v) is 3.89. The summed E-state index contributed by atoms with van der Waals surface area (Å²) in [4.78, 5) is 13.5. The molecule has 82 valence electrons. The molecule has 0 atom stereocenters. The molecule has 3 heteroatoms. The summed E-state index contributed by atoms with van der Waals surface area (Å²) in [5, 5.41) is 0. The van der Waals surface area contributed by atoms with Crippen molar-refractivity contribution in [2.75, 3.05) is 26.2 Å². The van der Waals surface area contributed by atoms with E-state index in [1.165, 1.54) is 12.8 Å². The maximum absolute atomic E-state index is 11.2. The summed E-state index contributed by atoms with van der Waals surface area (Å²) in [7, 11) is 0. The third kappa shape index (κ3) is 4.61. The van der Waals surface area contributed by atoms with Crippen molar-refractivity contribution in [1.29, 1.82) is 0 Å². The number of ether oxygens (including phenoxy) is 1. The number of rotatable bonds is 7. The molecule has 0 unspecified atom stereocenters. The molecule has 0 heterocycles. The number of hydrogen-bond donors (Lipinski definition) is 0. The monoisotopic (exact) mass is 199 g/mol. The predicted octanol–water partition coefficient (Wildman–Crippen LogP) is 1.67. The SMILES string of the molecule is CCN(CC)CCOC(=O)CC1CC1. The summed E-state index contributed by atoms with van der Waals surface area (Å²) in [5.41, 5.74) is 0. The van der Waals surface area contributed by atoms with Crippen LogP contribution in [0.5, 0.6) is 0 Å². The Morgan fingerprint density at radius 1 is 1.36 bits per heavy atom. The van der Waals surface area contributed by atoms with Crippen molar-refractivity contribution >= 4 is 5.97 Å². The van der Waals surface area contributed by atoms with Gasteiger partial charge in [0.1, 0.15) is 6.61 Å². The molecule has 14 heavy (non-hydrogen) atoms. The zero-order chi connectivity index (χ0) is 10.4. The van der Waals surface area contributed by atoms with Gasteiger partial charge in [-0.1, -0.05) is 13.8 Å². The van der Waals surface area contributed by atoms with Crippen molar-refractivity contribution in [1.82, 2.24) is 4.90 Å². The third-order valence-corrected chi connectivity index (χ3v) is 2.72. The van der Waals surface area contributed by atoms with E-state index in [9.17, 15) is 4.79 Å². The van der Waals surface area contributed by atoms with Crippen LogP contribution in [0.1, 0.15) is 33.1 Å². The van der Waals surface area contributed by atoms with Gasteiger partial charge in [0.15, 0.2) is 0 Å². The fourth-order valence-corrected chi connectivity index (χ4v) is 1.45. The smallest absolute Gasteiger partial charge is 0.306 e. The van der Waals surface area contributed by atoms with E-state index in [1.54, 1.807) is 0 Å². The molecule has 1 saturated carbocycles. The molecule has 1 fully saturated rings. The summed E-state index contributed by atoms with van der Waals surface area (Å²) in [6.45, 7) is 7.70. The van der Waals surface area contributed by atoms with Gasteiger partial charge in [-0.15, -0.1) is 0 Å². The number of hydrogen-bond acceptors (Lipinski definition) is 3. The Balaban J connectivity index is 1.98. The van der Waals surface area contributed by atoms with Gasteiger partial charge in [0.25, 0.3) is 0 Å². The van der Waals surface area contributed by atoms with E-state index >= 15 is 0 Å². The zero-order valence-electron chi connectivity index (χ0n) is 9.29. The Bertz CT molecular complexity index is 174. The molecule has 1 aliphatic carbocycles. The van der Waals surface area contributed by atoms with Crippen LogP contribution in [0.3, 0.4) is 0 Å². The highest BCUT2D eigenvalue weighted by Crippen LogP contribution is 2.32. The summed E-state index contributed by atoms with van der Waals surface area (Å²) in [6.07, 6.45) is 3.06. The van der Waals surface area contributed by atoms with Gasteiger partial charge in [-0.3, -0.25) is 4.79 Å².